The van der Waals surface area contributed by atoms with E-state index >= 15 is 0 Å². The minimum atomic E-state index is -0.852. The van der Waals surface area contributed by atoms with Gasteiger partial charge in [-0.2, -0.15) is 5.26 Å². The molecule has 3 aromatic heterocycles. The molecular formula is C19H20N6O2. The van der Waals surface area contributed by atoms with Crippen molar-refractivity contribution in [3.8, 4) is 11.9 Å². The molecule has 3 rings (SSSR count). The van der Waals surface area contributed by atoms with Crippen molar-refractivity contribution in [1.82, 2.24) is 19.9 Å². The predicted molar refractivity (Wildman–Crippen MR) is 101 cm³/mol. The predicted octanol–water partition coefficient (Wildman–Crippen LogP) is 1.77. The first-order valence-corrected chi connectivity index (χ1v) is 8.42. The van der Waals surface area contributed by atoms with Gasteiger partial charge in [0.15, 0.2) is 0 Å². The number of nitrogen functional groups attached to an aromatic ring is 1. The number of carbonyl (C=O) groups is 1. The second-order valence-electron chi connectivity index (χ2n) is 6.88. The molecule has 0 aliphatic carbocycles. The van der Waals surface area contributed by atoms with E-state index in [-0.39, 0.29) is 17.2 Å². The van der Waals surface area contributed by atoms with E-state index in [1.54, 1.807) is 36.7 Å². The van der Waals surface area contributed by atoms with Crippen molar-refractivity contribution < 1.29 is 9.90 Å². The maximum Gasteiger partial charge on any atom is 0.254 e. The van der Waals surface area contributed by atoms with Crippen molar-refractivity contribution in [3.63, 3.8) is 0 Å². The number of carbonyl (C=O) groups excluding carboxylic acids is 1. The molecule has 0 spiro atoms. The molecule has 1 amide bonds. The molecule has 138 valence electrons. The molecule has 0 bridgehead atoms. The zero-order chi connectivity index (χ0) is 19.6. The zero-order valence-corrected chi connectivity index (χ0v) is 15.1. The van der Waals surface area contributed by atoms with Crippen LogP contribution in [0.15, 0.2) is 36.8 Å². The van der Waals surface area contributed by atoms with Gasteiger partial charge in [-0.3, -0.25) is 9.36 Å². The summed E-state index contributed by atoms with van der Waals surface area (Å²) in [6.45, 7) is 3.69. The molecule has 8 heteroatoms. The molecule has 3 aromatic rings. The summed E-state index contributed by atoms with van der Waals surface area (Å²) in [5, 5.41) is 22.2. The van der Waals surface area contributed by atoms with E-state index < -0.39 is 5.60 Å². The highest BCUT2D eigenvalue weighted by Gasteiger charge is 2.16. The van der Waals surface area contributed by atoms with Crippen LogP contribution in [0.4, 0.5) is 5.69 Å². The summed E-state index contributed by atoms with van der Waals surface area (Å²) >= 11 is 0. The Morgan fingerprint density at radius 2 is 2.15 bits per heavy atom. The van der Waals surface area contributed by atoms with Gasteiger partial charge < -0.3 is 16.2 Å². The summed E-state index contributed by atoms with van der Waals surface area (Å²) < 4.78 is 1.74. The summed E-state index contributed by atoms with van der Waals surface area (Å²) in [7, 11) is 0. The Hall–Kier alpha value is -3.44. The van der Waals surface area contributed by atoms with E-state index in [2.05, 4.69) is 21.4 Å². The fourth-order valence-corrected chi connectivity index (χ4v) is 2.63. The normalized spacial score (nSPS) is 11.3. The van der Waals surface area contributed by atoms with Gasteiger partial charge in [0.1, 0.15) is 17.5 Å². The number of nitrogens with one attached hydrogen (secondary N) is 1. The van der Waals surface area contributed by atoms with Crippen LogP contribution in [0.2, 0.25) is 0 Å². The van der Waals surface area contributed by atoms with Crippen LogP contribution in [0.3, 0.4) is 0 Å². The first-order valence-electron chi connectivity index (χ1n) is 8.42. The third-order valence-corrected chi connectivity index (χ3v) is 4.09. The number of aromatic nitrogens is 3. The first kappa shape index (κ1) is 18.4. The van der Waals surface area contributed by atoms with Gasteiger partial charge in [0, 0.05) is 42.3 Å². The van der Waals surface area contributed by atoms with Gasteiger partial charge in [-0.1, -0.05) is 0 Å². The molecule has 0 atom stereocenters. The Balaban J connectivity index is 1.83. The molecule has 8 nitrogen and oxygen atoms in total. The first-order chi connectivity index (χ1) is 12.8. The summed E-state index contributed by atoms with van der Waals surface area (Å²) in [5.74, 6) is 0.178. The zero-order valence-electron chi connectivity index (χ0n) is 15.1. The quantitative estimate of drug-likeness (QED) is 0.632. The van der Waals surface area contributed by atoms with Crippen LogP contribution < -0.4 is 11.1 Å². The minimum Gasteiger partial charge on any atom is -0.398 e. The molecule has 0 aliphatic heterocycles. The maximum atomic E-state index is 12.3. The van der Waals surface area contributed by atoms with Gasteiger partial charge in [0.25, 0.3) is 5.91 Å². The highest BCUT2D eigenvalue weighted by Crippen LogP contribution is 2.21. The highest BCUT2D eigenvalue weighted by molar-refractivity contribution is 5.99. The lowest BCUT2D eigenvalue weighted by Gasteiger charge is -2.17. The van der Waals surface area contributed by atoms with Crippen LogP contribution in [0.1, 0.15) is 36.2 Å². The van der Waals surface area contributed by atoms with Gasteiger partial charge in [-0.15, -0.1) is 0 Å². The molecule has 0 fully saturated rings. The topological polar surface area (TPSA) is 130 Å². The number of aliphatic hydroxyl groups is 1. The van der Waals surface area contributed by atoms with Crippen molar-refractivity contribution in [2.75, 3.05) is 12.3 Å². The highest BCUT2D eigenvalue weighted by atomic mass is 16.3. The average Bonchev–Trinajstić information content (AvgIpc) is 3.03. The summed E-state index contributed by atoms with van der Waals surface area (Å²) in [4.78, 5) is 20.9. The molecule has 3 heterocycles. The van der Waals surface area contributed by atoms with E-state index in [9.17, 15) is 9.90 Å². The van der Waals surface area contributed by atoms with Crippen LogP contribution in [-0.2, 0) is 0 Å². The lowest BCUT2D eigenvalue weighted by molar-refractivity contribution is 0.0693. The van der Waals surface area contributed by atoms with Crippen molar-refractivity contribution >= 4 is 22.6 Å². The van der Waals surface area contributed by atoms with Gasteiger partial charge in [0.2, 0.25) is 0 Å². The smallest absolute Gasteiger partial charge is 0.254 e. The molecule has 0 aliphatic rings. The second kappa shape index (κ2) is 7.05. The number of hydrogen-bond donors (Lipinski definition) is 3. The van der Waals surface area contributed by atoms with E-state index in [1.807, 2.05) is 6.07 Å². The van der Waals surface area contributed by atoms with Crippen molar-refractivity contribution in [2.24, 2.45) is 0 Å². The molecule has 4 N–H and O–H groups in total. The molecule has 27 heavy (non-hydrogen) atoms. The van der Waals surface area contributed by atoms with E-state index in [4.69, 9.17) is 11.0 Å². The lowest BCUT2D eigenvalue weighted by atomic mass is 10.1. The second-order valence-corrected chi connectivity index (χ2v) is 6.88. The van der Waals surface area contributed by atoms with Crippen molar-refractivity contribution in [2.45, 2.75) is 25.9 Å². The maximum absolute atomic E-state index is 12.3. The van der Waals surface area contributed by atoms with Gasteiger partial charge >= 0.3 is 0 Å². The van der Waals surface area contributed by atoms with Crippen molar-refractivity contribution in [1.29, 1.82) is 5.26 Å². The van der Waals surface area contributed by atoms with E-state index in [0.29, 0.717) is 30.0 Å². The number of nitriles is 1. The SMILES string of the molecule is CC(C)(O)CCNC(=O)c1cnc(-n2ccc3cc(C#N)cnc32)cc1N. The molecule has 0 unspecified atom stereocenters. The van der Waals surface area contributed by atoms with Crippen LogP contribution in [0.25, 0.3) is 16.9 Å². The Bertz CT molecular complexity index is 1040. The summed E-state index contributed by atoms with van der Waals surface area (Å²) in [5.41, 5.74) is 6.87. The van der Waals surface area contributed by atoms with E-state index in [1.165, 1.54) is 12.4 Å². The van der Waals surface area contributed by atoms with E-state index in [0.717, 1.165) is 5.39 Å². The monoisotopic (exact) mass is 364 g/mol. The van der Waals surface area contributed by atoms with Crippen LogP contribution in [0, 0.1) is 11.3 Å². The van der Waals surface area contributed by atoms with Gasteiger partial charge in [0.05, 0.1) is 16.7 Å². The third kappa shape index (κ3) is 4.04. The Labute approximate surface area is 156 Å². The Morgan fingerprint density at radius 3 is 2.81 bits per heavy atom. The largest absolute Gasteiger partial charge is 0.398 e. The molecule has 0 saturated heterocycles. The number of hydrogen-bond acceptors (Lipinski definition) is 6. The van der Waals surface area contributed by atoms with Crippen LogP contribution in [0.5, 0.6) is 0 Å². The average molecular weight is 364 g/mol. The number of fused-ring (bicyclic) bond motifs is 1. The number of rotatable bonds is 5. The standard InChI is InChI=1S/C19H20N6O2/c1-19(2,27)4-5-22-18(26)14-11-23-16(8-15(14)21)25-6-3-13-7-12(9-20)10-24-17(13)25/h3,6-8,10-11,27H,4-5H2,1-2H3,(H2,21,23)(H,22,26). The number of nitrogens with zero attached hydrogens (tertiary/aromatic N) is 4. The lowest BCUT2D eigenvalue weighted by Crippen LogP contribution is -2.31. The van der Waals surface area contributed by atoms with Crippen LogP contribution >= 0.6 is 0 Å². The number of amides is 1. The summed E-state index contributed by atoms with van der Waals surface area (Å²) in [6, 6.07) is 7.23. The number of nitrogens with two attached hydrogens (primary N) is 1. The van der Waals surface area contributed by atoms with Crippen molar-refractivity contribution in [3.05, 3.63) is 47.9 Å². The number of anilines is 1. The molecule has 0 radical (unpaired) electrons. The number of pyridine rings is 2. The molecule has 0 saturated carbocycles. The van der Waals surface area contributed by atoms with Gasteiger partial charge in [-0.25, -0.2) is 9.97 Å². The Morgan fingerprint density at radius 1 is 1.37 bits per heavy atom. The molecular weight excluding hydrogens is 344 g/mol. The minimum absolute atomic E-state index is 0.269. The summed E-state index contributed by atoms with van der Waals surface area (Å²) in [6.07, 6.45) is 5.12. The molecule has 0 aromatic carbocycles. The fraction of sp³-hybridized carbons (Fsp3) is 0.263. The third-order valence-electron chi connectivity index (χ3n) is 4.09. The van der Waals surface area contributed by atoms with Crippen LogP contribution in [-0.4, -0.2) is 37.7 Å². The van der Waals surface area contributed by atoms with Gasteiger partial charge in [-0.05, 0) is 32.4 Å². The Kier molecular flexibility index (Phi) is 4.79. The fourth-order valence-electron chi connectivity index (χ4n) is 2.63.